The molecule has 0 saturated heterocycles. The molecular weight excluding hydrogens is 356 g/mol. The van der Waals surface area contributed by atoms with Crippen molar-refractivity contribution in [3.05, 3.63) is 38.0 Å². The van der Waals surface area contributed by atoms with Crippen LogP contribution in [0.3, 0.4) is 0 Å². The fourth-order valence-electron chi connectivity index (χ4n) is 2.27. The molecule has 0 unspecified atom stereocenters. The van der Waals surface area contributed by atoms with Crippen LogP contribution in [-0.4, -0.2) is 50.8 Å². The van der Waals surface area contributed by atoms with Crippen LogP contribution in [0.25, 0.3) is 0 Å². The molecule has 8 heteroatoms. The standard InChI is InChI=1S/C18H28O7Si/c1-4-16(19)23-10-7-13-26(22,14-8-11-24-17(20)5-2)15-9-12-25-18(21)6-3/h4-6,22H,1-3,7-15H2. The van der Waals surface area contributed by atoms with Crippen LogP contribution in [-0.2, 0) is 28.6 Å². The van der Waals surface area contributed by atoms with E-state index in [2.05, 4.69) is 19.7 Å². The van der Waals surface area contributed by atoms with Crippen molar-refractivity contribution in [2.75, 3.05) is 19.8 Å². The van der Waals surface area contributed by atoms with Gasteiger partial charge in [-0.2, -0.15) is 0 Å². The highest BCUT2D eigenvalue weighted by atomic mass is 28.4. The summed E-state index contributed by atoms with van der Waals surface area (Å²) in [7, 11) is -2.65. The van der Waals surface area contributed by atoms with Gasteiger partial charge in [0.15, 0.2) is 8.32 Å². The van der Waals surface area contributed by atoms with Crippen LogP contribution in [0.5, 0.6) is 0 Å². The van der Waals surface area contributed by atoms with E-state index in [1.165, 1.54) is 0 Å². The Morgan fingerprint density at radius 2 is 0.962 bits per heavy atom. The quantitative estimate of drug-likeness (QED) is 0.152. The SMILES string of the molecule is C=CC(=O)OCCC[Si](O)(CCCOC(=O)C=C)CCCOC(=O)C=C. The van der Waals surface area contributed by atoms with Gasteiger partial charge in [0.25, 0.3) is 0 Å². The Balaban J connectivity index is 4.38. The van der Waals surface area contributed by atoms with E-state index in [4.69, 9.17) is 14.2 Å². The van der Waals surface area contributed by atoms with Crippen LogP contribution in [0.4, 0.5) is 0 Å². The van der Waals surface area contributed by atoms with E-state index in [0.717, 1.165) is 18.2 Å². The van der Waals surface area contributed by atoms with Crippen molar-refractivity contribution in [3.63, 3.8) is 0 Å². The summed E-state index contributed by atoms with van der Waals surface area (Å²) >= 11 is 0. The second kappa shape index (κ2) is 14.0. The van der Waals surface area contributed by atoms with Gasteiger partial charge >= 0.3 is 17.9 Å². The molecule has 0 atom stereocenters. The smallest absolute Gasteiger partial charge is 0.330 e. The second-order valence-electron chi connectivity index (χ2n) is 5.65. The van der Waals surface area contributed by atoms with Crippen LogP contribution in [0.15, 0.2) is 38.0 Å². The maximum Gasteiger partial charge on any atom is 0.330 e. The third-order valence-electron chi connectivity index (χ3n) is 3.59. The van der Waals surface area contributed by atoms with Gasteiger partial charge in [0.05, 0.1) is 19.8 Å². The van der Waals surface area contributed by atoms with E-state index in [0.29, 0.717) is 37.4 Å². The molecule has 0 aromatic heterocycles. The molecule has 7 nitrogen and oxygen atoms in total. The fourth-order valence-corrected chi connectivity index (χ4v) is 5.43. The van der Waals surface area contributed by atoms with Gasteiger partial charge in [-0.05, 0) is 37.4 Å². The van der Waals surface area contributed by atoms with E-state index in [1.807, 2.05) is 0 Å². The van der Waals surface area contributed by atoms with Crippen LogP contribution in [0.1, 0.15) is 19.3 Å². The normalized spacial score (nSPS) is 10.5. The van der Waals surface area contributed by atoms with E-state index in [-0.39, 0.29) is 19.8 Å². The third-order valence-corrected chi connectivity index (χ3v) is 7.45. The average Bonchev–Trinajstić information content (AvgIpc) is 2.65. The van der Waals surface area contributed by atoms with Crippen LogP contribution >= 0.6 is 0 Å². The van der Waals surface area contributed by atoms with Crippen molar-refractivity contribution in [1.29, 1.82) is 0 Å². The third kappa shape index (κ3) is 12.2. The first-order valence-corrected chi connectivity index (χ1v) is 11.0. The highest BCUT2D eigenvalue weighted by Crippen LogP contribution is 2.23. The van der Waals surface area contributed by atoms with Gasteiger partial charge < -0.3 is 19.0 Å². The molecule has 0 aromatic carbocycles. The topological polar surface area (TPSA) is 99.1 Å². The molecule has 0 heterocycles. The van der Waals surface area contributed by atoms with Crippen LogP contribution < -0.4 is 0 Å². The van der Waals surface area contributed by atoms with E-state index in [9.17, 15) is 19.2 Å². The Kier molecular flexibility index (Phi) is 12.8. The van der Waals surface area contributed by atoms with Gasteiger partial charge in [0.1, 0.15) is 0 Å². The number of ether oxygens (including phenoxy) is 3. The Hall–Kier alpha value is -2.19. The van der Waals surface area contributed by atoms with Gasteiger partial charge in [-0.3, -0.25) is 0 Å². The molecule has 146 valence electrons. The van der Waals surface area contributed by atoms with Crippen molar-refractivity contribution in [1.82, 2.24) is 0 Å². The molecule has 0 aliphatic carbocycles. The predicted octanol–water partition coefficient (Wildman–Crippen LogP) is 2.28. The number of carbonyl (C=O) groups excluding carboxylic acids is 3. The van der Waals surface area contributed by atoms with Gasteiger partial charge in [-0.25, -0.2) is 14.4 Å². The first-order valence-electron chi connectivity index (χ1n) is 8.47. The molecule has 0 aromatic rings. The molecule has 0 aliphatic heterocycles. The minimum absolute atomic E-state index is 0.205. The molecule has 0 spiro atoms. The number of hydrogen-bond donors (Lipinski definition) is 1. The number of hydrogen-bond acceptors (Lipinski definition) is 7. The summed E-state index contributed by atoms with van der Waals surface area (Å²) in [4.78, 5) is 44.1. The summed E-state index contributed by atoms with van der Waals surface area (Å²) < 4.78 is 14.8. The lowest BCUT2D eigenvalue weighted by molar-refractivity contribution is -0.138. The second-order valence-corrected chi connectivity index (χ2v) is 9.60. The highest BCUT2D eigenvalue weighted by Gasteiger charge is 2.30. The van der Waals surface area contributed by atoms with Crippen molar-refractivity contribution in [3.8, 4) is 0 Å². The molecule has 26 heavy (non-hydrogen) atoms. The summed E-state index contributed by atoms with van der Waals surface area (Å²) in [6.07, 6.45) is 4.85. The first-order chi connectivity index (χ1) is 12.4. The molecule has 0 radical (unpaired) electrons. The molecule has 0 aliphatic rings. The Labute approximate surface area is 155 Å². The minimum atomic E-state index is -2.65. The average molecular weight is 385 g/mol. The van der Waals surface area contributed by atoms with Crippen LogP contribution in [0.2, 0.25) is 18.1 Å². The summed E-state index contributed by atoms with van der Waals surface area (Å²) in [5.41, 5.74) is 0. The molecule has 0 rings (SSSR count). The van der Waals surface area contributed by atoms with Crippen LogP contribution in [0, 0.1) is 0 Å². The lowest BCUT2D eigenvalue weighted by atomic mass is 10.5. The maximum absolute atomic E-state index is 11.0. The molecular formula is C18H28O7Si. The zero-order valence-corrected chi connectivity index (χ0v) is 16.1. The van der Waals surface area contributed by atoms with Crippen molar-refractivity contribution in [2.24, 2.45) is 0 Å². The van der Waals surface area contributed by atoms with Gasteiger partial charge in [-0.15, -0.1) is 0 Å². The highest BCUT2D eigenvalue weighted by molar-refractivity contribution is 6.72. The van der Waals surface area contributed by atoms with E-state index < -0.39 is 26.2 Å². The molecule has 0 amide bonds. The zero-order valence-electron chi connectivity index (χ0n) is 15.1. The summed E-state index contributed by atoms with van der Waals surface area (Å²) in [6, 6.07) is 1.59. The number of rotatable bonds is 15. The Morgan fingerprint density at radius 3 is 1.19 bits per heavy atom. The van der Waals surface area contributed by atoms with Crippen molar-refractivity contribution < 1.29 is 33.4 Å². The summed E-state index contributed by atoms with van der Waals surface area (Å²) in [6.45, 7) is 10.6. The van der Waals surface area contributed by atoms with E-state index in [1.54, 1.807) is 0 Å². The molecule has 0 fully saturated rings. The zero-order chi connectivity index (χ0) is 19.8. The summed E-state index contributed by atoms with van der Waals surface area (Å²) in [5.74, 6) is -1.49. The fraction of sp³-hybridized carbons (Fsp3) is 0.500. The van der Waals surface area contributed by atoms with Gasteiger partial charge in [0.2, 0.25) is 0 Å². The number of carbonyl (C=O) groups is 3. The summed E-state index contributed by atoms with van der Waals surface area (Å²) in [5, 5.41) is 0. The molecule has 0 bridgehead atoms. The van der Waals surface area contributed by atoms with Gasteiger partial charge in [0, 0.05) is 18.2 Å². The molecule has 0 saturated carbocycles. The van der Waals surface area contributed by atoms with E-state index >= 15 is 0 Å². The van der Waals surface area contributed by atoms with Gasteiger partial charge in [-0.1, -0.05) is 19.7 Å². The largest absolute Gasteiger partial charge is 0.463 e. The van der Waals surface area contributed by atoms with Crippen molar-refractivity contribution >= 4 is 26.2 Å². The predicted molar refractivity (Wildman–Crippen MR) is 99.7 cm³/mol. The minimum Gasteiger partial charge on any atom is -0.463 e. The first kappa shape index (κ1) is 23.8. The maximum atomic E-state index is 11.0. The lowest BCUT2D eigenvalue weighted by Crippen LogP contribution is -2.35. The Bertz CT molecular complexity index is 432. The molecule has 1 N–H and O–H groups in total. The monoisotopic (exact) mass is 384 g/mol. The lowest BCUT2D eigenvalue weighted by Gasteiger charge is -2.25. The number of esters is 3. The van der Waals surface area contributed by atoms with Crippen molar-refractivity contribution in [2.45, 2.75) is 37.4 Å². The Morgan fingerprint density at radius 1 is 0.692 bits per heavy atom.